The van der Waals surface area contributed by atoms with Crippen LogP contribution >= 0.6 is 0 Å². The summed E-state index contributed by atoms with van der Waals surface area (Å²) < 4.78 is 5.53. The molecule has 100 valence electrons. The summed E-state index contributed by atoms with van der Waals surface area (Å²) in [5, 5.41) is 10.4. The summed E-state index contributed by atoms with van der Waals surface area (Å²) in [7, 11) is 0. The molecule has 1 N–H and O–H groups in total. The molecule has 2 fully saturated rings. The summed E-state index contributed by atoms with van der Waals surface area (Å²) >= 11 is 0. The number of aliphatic hydroxyl groups excluding tert-OH is 1. The Bertz CT molecular complexity index is 423. The van der Waals surface area contributed by atoms with Gasteiger partial charge in [-0.1, -0.05) is 25.8 Å². The Kier molecular flexibility index (Phi) is 2.52. The van der Waals surface area contributed by atoms with Crippen LogP contribution in [0.4, 0.5) is 0 Å². The lowest BCUT2D eigenvalue weighted by atomic mass is 9.48. The third-order valence-electron chi connectivity index (χ3n) is 5.48. The van der Waals surface area contributed by atoms with Gasteiger partial charge in [0.05, 0.1) is 6.61 Å². The number of carbonyl (C=O) groups is 1. The van der Waals surface area contributed by atoms with Gasteiger partial charge in [-0.25, -0.2) is 0 Å². The number of carbonyl (C=O) groups excluding carboxylic acids is 1. The second-order valence-corrected chi connectivity index (χ2v) is 6.92. The van der Waals surface area contributed by atoms with Gasteiger partial charge in [-0.05, 0) is 31.3 Å². The molecule has 3 aliphatic rings. The molecular weight excluding hydrogens is 228 g/mol. The van der Waals surface area contributed by atoms with Gasteiger partial charge in [0, 0.05) is 17.3 Å². The highest BCUT2D eigenvalue weighted by atomic mass is 16.6. The fraction of sp³-hybridized carbons (Fsp3) is 0.800. The largest absolute Gasteiger partial charge is 0.367 e. The first-order valence-corrected chi connectivity index (χ1v) is 6.91. The summed E-state index contributed by atoms with van der Waals surface area (Å²) in [5.41, 5.74) is 0.683. The molecule has 0 aromatic heterocycles. The number of rotatable bonds is 0. The highest BCUT2D eigenvalue weighted by Gasteiger charge is 2.64. The van der Waals surface area contributed by atoms with E-state index in [1.54, 1.807) is 6.08 Å². The van der Waals surface area contributed by atoms with Crippen molar-refractivity contribution in [2.24, 2.45) is 22.7 Å². The molecule has 0 bridgehead atoms. The van der Waals surface area contributed by atoms with Crippen LogP contribution in [-0.4, -0.2) is 23.8 Å². The van der Waals surface area contributed by atoms with Crippen LogP contribution in [0.1, 0.15) is 40.0 Å². The second-order valence-electron chi connectivity index (χ2n) is 6.92. The normalized spacial score (nSPS) is 46.3. The monoisotopic (exact) mass is 250 g/mol. The topological polar surface area (TPSA) is 46.5 Å². The molecule has 0 aromatic rings. The van der Waals surface area contributed by atoms with Crippen molar-refractivity contribution in [3.63, 3.8) is 0 Å². The zero-order valence-corrected chi connectivity index (χ0v) is 11.4. The fourth-order valence-electron chi connectivity index (χ4n) is 4.79. The average molecular weight is 250 g/mol. The lowest BCUT2D eigenvalue weighted by Gasteiger charge is -2.54. The van der Waals surface area contributed by atoms with Crippen molar-refractivity contribution in [1.29, 1.82) is 0 Å². The highest BCUT2D eigenvalue weighted by Crippen LogP contribution is 2.62. The summed E-state index contributed by atoms with van der Waals surface area (Å²) in [4.78, 5) is 12.5. The SMILES string of the molecule is CC1=CC(=O)[C@@H]2C(C)(C)CCC[C@@]23C(O)OC[C@@H]13. The second kappa shape index (κ2) is 3.67. The minimum Gasteiger partial charge on any atom is -0.367 e. The number of ketones is 1. The van der Waals surface area contributed by atoms with E-state index in [4.69, 9.17) is 4.74 Å². The lowest BCUT2D eigenvalue weighted by molar-refractivity contribution is -0.179. The van der Waals surface area contributed by atoms with Crippen LogP contribution in [0.2, 0.25) is 0 Å². The predicted octanol–water partition coefficient (Wildman–Crippen LogP) is 2.29. The van der Waals surface area contributed by atoms with Crippen LogP contribution in [0.25, 0.3) is 0 Å². The Labute approximate surface area is 108 Å². The molecule has 1 spiro atoms. The zero-order chi connectivity index (χ0) is 13.1. The van der Waals surface area contributed by atoms with Crippen molar-refractivity contribution >= 4 is 5.78 Å². The van der Waals surface area contributed by atoms with Crippen molar-refractivity contribution in [2.75, 3.05) is 6.61 Å². The molecule has 0 amide bonds. The Morgan fingerprint density at radius 1 is 1.39 bits per heavy atom. The molecule has 1 unspecified atom stereocenters. The Morgan fingerprint density at radius 3 is 2.83 bits per heavy atom. The molecule has 0 radical (unpaired) electrons. The number of aliphatic hydroxyl groups is 1. The maximum Gasteiger partial charge on any atom is 0.161 e. The maximum absolute atomic E-state index is 12.5. The van der Waals surface area contributed by atoms with Gasteiger partial charge in [0.1, 0.15) is 0 Å². The highest BCUT2D eigenvalue weighted by molar-refractivity contribution is 5.95. The van der Waals surface area contributed by atoms with Gasteiger partial charge in [0.25, 0.3) is 0 Å². The van der Waals surface area contributed by atoms with Gasteiger partial charge < -0.3 is 9.84 Å². The maximum atomic E-state index is 12.5. The van der Waals surface area contributed by atoms with Gasteiger partial charge in [-0.2, -0.15) is 0 Å². The summed E-state index contributed by atoms with van der Waals surface area (Å²) in [6.45, 7) is 6.88. The van der Waals surface area contributed by atoms with Crippen molar-refractivity contribution in [2.45, 2.75) is 46.3 Å². The average Bonchev–Trinajstić information content (AvgIpc) is 2.55. The summed E-state index contributed by atoms with van der Waals surface area (Å²) in [5.74, 6) is 0.317. The van der Waals surface area contributed by atoms with Crippen LogP contribution in [0.5, 0.6) is 0 Å². The molecule has 2 aliphatic carbocycles. The van der Waals surface area contributed by atoms with Crippen LogP contribution in [0.3, 0.4) is 0 Å². The van der Waals surface area contributed by atoms with Gasteiger partial charge >= 0.3 is 0 Å². The van der Waals surface area contributed by atoms with E-state index in [0.717, 1.165) is 24.8 Å². The van der Waals surface area contributed by atoms with E-state index in [2.05, 4.69) is 13.8 Å². The third-order valence-corrected chi connectivity index (χ3v) is 5.48. The Morgan fingerprint density at radius 2 is 2.11 bits per heavy atom. The van der Waals surface area contributed by atoms with Crippen molar-refractivity contribution in [3.8, 4) is 0 Å². The molecule has 18 heavy (non-hydrogen) atoms. The number of hydrogen-bond donors (Lipinski definition) is 1. The number of ether oxygens (including phenoxy) is 1. The van der Waals surface area contributed by atoms with Crippen LogP contribution < -0.4 is 0 Å². The van der Waals surface area contributed by atoms with E-state index in [-0.39, 0.29) is 28.4 Å². The molecule has 1 aliphatic heterocycles. The van der Waals surface area contributed by atoms with E-state index in [1.165, 1.54) is 0 Å². The first kappa shape index (κ1) is 12.4. The quantitative estimate of drug-likeness (QED) is 0.717. The Balaban J connectivity index is 2.17. The number of hydrogen-bond acceptors (Lipinski definition) is 3. The van der Waals surface area contributed by atoms with Crippen LogP contribution in [0, 0.1) is 22.7 Å². The standard InChI is InChI=1S/C15H22O3/c1-9-7-11(16)12-14(2,3)5-4-6-15(12)10(9)8-18-13(15)17/h7,10,12-13,17H,4-6,8H2,1-3H3/t10-,12+,13?,15-/m0/s1. The lowest BCUT2D eigenvalue weighted by Crippen LogP contribution is -2.56. The minimum absolute atomic E-state index is 0.0422. The van der Waals surface area contributed by atoms with E-state index in [0.29, 0.717) is 6.61 Å². The zero-order valence-electron chi connectivity index (χ0n) is 11.4. The van der Waals surface area contributed by atoms with E-state index in [9.17, 15) is 9.90 Å². The van der Waals surface area contributed by atoms with E-state index < -0.39 is 6.29 Å². The molecule has 0 aromatic carbocycles. The predicted molar refractivity (Wildman–Crippen MR) is 67.8 cm³/mol. The van der Waals surface area contributed by atoms with Gasteiger partial charge in [0.2, 0.25) is 0 Å². The first-order chi connectivity index (χ1) is 8.39. The third kappa shape index (κ3) is 1.35. The van der Waals surface area contributed by atoms with Gasteiger partial charge in [-0.15, -0.1) is 0 Å². The summed E-state index contributed by atoms with van der Waals surface area (Å²) in [6, 6.07) is 0. The fourth-order valence-corrected chi connectivity index (χ4v) is 4.79. The molecule has 4 atom stereocenters. The van der Waals surface area contributed by atoms with Crippen LogP contribution in [0.15, 0.2) is 11.6 Å². The number of allylic oxidation sites excluding steroid dienone is 1. The van der Waals surface area contributed by atoms with Crippen molar-refractivity contribution in [1.82, 2.24) is 0 Å². The van der Waals surface area contributed by atoms with Gasteiger partial charge in [0.15, 0.2) is 12.1 Å². The van der Waals surface area contributed by atoms with Gasteiger partial charge in [-0.3, -0.25) is 4.79 Å². The molecule has 3 rings (SSSR count). The smallest absolute Gasteiger partial charge is 0.161 e. The molecule has 1 saturated heterocycles. The molecular formula is C15H22O3. The molecule has 1 heterocycles. The van der Waals surface area contributed by atoms with E-state index in [1.807, 2.05) is 6.92 Å². The van der Waals surface area contributed by atoms with Crippen LogP contribution in [-0.2, 0) is 9.53 Å². The molecule has 3 nitrogen and oxygen atoms in total. The molecule has 3 heteroatoms. The Hall–Kier alpha value is -0.670. The molecule has 1 saturated carbocycles. The van der Waals surface area contributed by atoms with E-state index >= 15 is 0 Å². The first-order valence-electron chi connectivity index (χ1n) is 6.91. The summed E-state index contributed by atoms with van der Waals surface area (Å²) in [6.07, 6.45) is 4.05. The van der Waals surface area contributed by atoms with Crippen molar-refractivity contribution < 1.29 is 14.6 Å². The minimum atomic E-state index is -0.778. The van der Waals surface area contributed by atoms with Crippen molar-refractivity contribution in [3.05, 3.63) is 11.6 Å².